The minimum atomic E-state index is -1.04. The molecule has 0 saturated carbocycles. The lowest BCUT2D eigenvalue weighted by Gasteiger charge is -2.14. The van der Waals surface area contributed by atoms with Crippen LogP contribution < -0.4 is 27.8 Å². The third-order valence-electron chi connectivity index (χ3n) is 2.42. The summed E-state index contributed by atoms with van der Waals surface area (Å²) in [6.45, 7) is 1.86. The SMILES string of the molecule is CCc1cc(C(=O)N[C@@H](CC(N)=O)C(=O)NC)on1.CN.CN. The van der Waals surface area contributed by atoms with E-state index in [0.717, 1.165) is 0 Å². The van der Waals surface area contributed by atoms with Gasteiger partial charge in [0, 0.05) is 13.1 Å². The van der Waals surface area contributed by atoms with Crippen LogP contribution in [0.1, 0.15) is 29.6 Å². The molecule has 23 heavy (non-hydrogen) atoms. The molecule has 0 fully saturated rings. The van der Waals surface area contributed by atoms with Crippen LogP contribution in [0.25, 0.3) is 0 Å². The molecule has 1 aromatic heterocycles. The maximum absolute atomic E-state index is 11.8. The summed E-state index contributed by atoms with van der Waals surface area (Å²) in [4.78, 5) is 34.2. The van der Waals surface area contributed by atoms with Gasteiger partial charge < -0.3 is 32.4 Å². The molecular weight excluding hydrogens is 304 g/mol. The second-order valence-electron chi connectivity index (χ2n) is 3.85. The Morgan fingerprint density at radius 3 is 2.22 bits per heavy atom. The molecule has 0 radical (unpaired) electrons. The van der Waals surface area contributed by atoms with Gasteiger partial charge in [-0.15, -0.1) is 0 Å². The van der Waals surface area contributed by atoms with Crippen LogP contribution in [0, 0.1) is 0 Å². The highest BCUT2D eigenvalue weighted by Crippen LogP contribution is 2.05. The Morgan fingerprint density at radius 2 is 1.83 bits per heavy atom. The zero-order valence-corrected chi connectivity index (χ0v) is 13.9. The van der Waals surface area contributed by atoms with E-state index in [1.54, 1.807) is 0 Å². The fourth-order valence-electron chi connectivity index (χ4n) is 1.40. The Kier molecular flexibility index (Phi) is 13.1. The van der Waals surface area contributed by atoms with Crippen molar-refractivity contribution in [2.75, 3.05) is 21.1 Å². The number of aromatic nitrogens is 1. The first-order chi connectivity index (χ1) is 11.0. The average Bonchev–Trinajstić information content (AvgIpc) is 3.06. The van der Waals surface area contributed by atoms with Gasteiger partial charge in [-0.2, -0.15) is 0 Å². The van der Waals surface area contributed by atoms with Crippen LogP contribution >= 0.6 is 0 Å². The first kappa shape index (κ1) is 22.8. The Bertz CT molecular complexity index is 489. The number of hydrogen-bond donors (Lipinski definition) is 5. The summed E-state index contributed by atoms with van der Waals surface area (Å²) in [6.07, 6.45) is 0.330. The Labute approximate surface area is 135 Å². The van der Waals surface area contributed by atoms with Crippen LogP contribution in [-0.4, -0.2) is 50.1 Å². The molecule has 0 aromatic carbocycles. The number of nitrogens with zero attached hydrogens (tertiary/aromatic N) is 1. The maximum Gasteiger partial charge on any atom is 0.290 e. The second kappa shape index (κ2) is 13.2. The van der Waals surface area contributed by atoms with Crippen LogP contribution in [0.2, 0.25) is 0 Å². The van der Waals surface area contributed by atoms with Crippen molar-refractivity contribution in [3.8, 4) is 0 Å². The molecule has 0 unspecified atom stereocenters. The molecule has 0 aliphatic rings. The second-order valence-corrected chi connectivity index (χ2v) is 3.85. The minimum absolute atomic E-state index is 0.0183. The predicted molar refractivity (Wildman–Crippen MR) is 85.2 cm³/mol. The van der Waals surface area contributed by atoms with Crippen molar-refractivity contribution in [3.05, 3.63) is 17.5 Å². The third kappa shape index (κ3) is 8.53. The molecule has 3 amide bonds. The van der Waals surface area contributed by atoms with E-state index in [4.69, 9.17) is 10.3 Å². The number of primary amides is 1. The summed E-state index contributed by atoms with van der Waals surface area (Å²) in [6, 6.07) is 0.436. The predicted octanol–water partition coefficient (Wildman–Crippen LogP) is -1.89. The minimum Gasteiger partial charge on any atom is -0.370 e. The van der Waals surface area contributed by atoms with E-state index >= 15 is 0 Å². The van der Waals surface area contributed by atoms with Crippen LogP contribution in [0.15, 0.2) is 10.6 Å². The molecule has 8 N–H and O–H groups in total. The van der Waals surface area contributed by atoms with E-state index in [0.29, 0.717) is 12.1 Å². The van der Waals surface area contributed by atoms with Crippen molar-refractivity contribution >= 4 is 17.7 Å². The van der Waals surface area contributed by atoms with E-state index in [9.17, 15) is 14.4 Å². The molecule has 0 saturated heterocycles. The Hall–Kier alpha value is -2.46. The quantitative estimate of drug-likeness (QED) is 0.404. The molecule has 0 spiro atoms. The van der Waals surface area contributed by atoms with Crippen molar-refractivity contribution < 1.29 is 18.9 Å². The lowest BCUT2D eigenvalue weighted by Crippen LogP contribution is -2.47. The standard InChI is InChI=1S/C11H16N4O4.2CH5N/c1-3-6-4-8(19-15-6)11(18)14-7(5-9(12)16)10(17)13-2;2*1-2/h4,7H,3,5H2,1-2H3,(H2,12,16)(H,13,17)(H,14,18);2*2H2,1H3/t7-;;/m0../s1. The van der Waals surface area contributed by atoms with E-state index in [-0.39, 0.29) is 12.2 Å². The largest absolute Gasteiger partial charge is 0.370 e. The van der Waals surface area contributed by atoms with Crippen LogP contribution in [0.3, 0.4) is 0 Å². The molecule has 10 nitrogen and oxygen atoms in total. The monoisotopic (exact) mass is 330 g/mol. The van der Waals surface area contributed by atoms with E-state index in [2.05, 4.69) is 27.3 Å². The molecule has 1 aromatic rings. The molecule has 0 aliphatic heterocycles. The van der Waals surface area contributed by atoms with Gasteiger partial charge in [0.15, 0.2) is 0 Å². The maximum atomic E-state index is 11.8. The van der Waals surface area contributed by atoms with Gasteiger partial charge in [0.2, 0.25) is 17.6 Å². The number of hydrogen-bond acceptors (Lipinski definition) is 7. The van der Waals surface area contributed by atoms with Gasteiger partial charge in [0.1, 0.15) is 6.04 Å². The number of rotatable bonds is 6. The highest BCUT2D eigenvalue weighted by Gasteiger charge is 2.24. The van der Waals surface area contributed by atoms with E-state index in [1.807, 2.05) is 6.92 Å². The van der Waals surface area contributed by atoms with Crippen LogP contribution in [0.5, 0.6) is 0 Å². The van der Waals surface area contributed by atoms with Gasteiger partial charge in [-0.1, -0.05) is 12.1 Å². The van der Waals surface area contributed by atoms with E-state index in [1.165, 1.54) is 27.2 Å². The summed E-state index contributed by atoms with van der Waals surface area (Å²) < 4.78 is 4.83. The number of amides is 3. The molecule has 1 rings (SSSR count). The van der Waals surface area contributed by atoms with Crippen molar-refractivity contribution in [1.29, 1.82) is 0 Å². The first-order valence-electron chi connectivity index (χ1n) is 6.89. The molecular formula is C13H26N6O4. The fourth-order valence-corrected chi connectivity index (χ4v) is 1.40. The number of carbonyl (C=O) groups is 3. The number of likely N-dealkylation sites (N-methyl/N-ethyl adjacent to an activating group) is 1. The van der Waals surface area contributed by atoms with Crippen molar-refractivity contribution in [3.63, 3.8) is 0 Å². The van der Waals surface area contributed by atoms with E-state index < -0.39 is 23.8 Å². The summed E-state index contributed by atoms with van der Waals surface area (Å²) in [7, 11) is 4.39. The van der Waals surface area contributed by atoms with Gasteiger partial charge in [0.05, 0.1) is 12.1 Å². The molecule has 0 bridgehead atoms. The molecule has 10 heteroatoms. The van der Waals surface area contributed by atoms with Gasteiger partial charge in [0.25, 0.3) is 5.91 Å². The van der Waals surface area contributed by atoms with Gasteiger partial charge in [-0.05, 0) is 20.5 Å². The lowest BCUT2D eigenvalue weighted by molar-refractivity contribution is -0.126. The average molecular weight is 330 g/mol. The van der Waals surface area contributed by atoms with Crippen molar-refractivity contribution in [1.82, 2.24) is 15.8 Å². The van der Waals surface area contributed by atoms with Crippen LogP contribution in [0.4, 0.5) is 0 Å². The topological polar surface area (TPSA) is 179 Å². The number of nitrogens with two attached hydrogens (primary N) is 3. The van der Waals surface area contributed by atoms with Crippen LogP contribution in [-0.2, 0) is 16.0 Å². The summed E-state index contributed by atoms with van der Waals surface area (Å²) >= 11 is 0. The number of aryl methyl sites for hydroxylation is 1. The third-order valence-corrected chi connectivity index (χ3v) is 2.42. The number of carbonyl (C=O) groups excluding carboxylic acids is 3. The van der Waals surface area contributed by atoms with Crippen molar-refractivity contribution in [2.24, 2.45) is 17.2 Å². The number of nitrogens with one attached hydrogen (secondary N) is 2. The first-order valence-corrected chi connectivity index (χ1v) is 6.89. The zero-order chi connectivity index (χ0) is 18.4. The zero-order valence-electron chi connectivity index (χ0n) is 13.9. The van der Waals surface area contributed by atoms with Crippen molar-refractivity contribution in [2.45, 2.75) is 25.8 Å². The fraction of sp³-hybridized carbons (Fsp3) is 0.538. The summed E-state index contributed by atoms with van der Waals surface area (Å²) in [5, 5.41) is 8.36. The highest BCUT2D eigenvalue weighted by atomic mass is 16.5. The van der Waals surface area contributed by atoms with Gasteiger partial charge >= 0.3 is 0 Å². The highest BCUT2D eigenvalue weighted by molar-refractivity contribution is 5.97. The molecule has 132 valence electrons. The molecule has 1 heterocycles. The molecule has 1 atom stereocenters. The van der Waals surface area contributed by atoms with Gasteiger partial charge in [-0.25, -0.2) is 0 Å². The summed E-state index contributed by atoms with van der Waals surface area (Å²) in [5.74, 6) is -1.85. The summed E-state index contributed by atoms with van der Waals surface area (Å²) in [5.41, 5.74) is 14.6. The smallest absolute Gasteiger partial charge is 0.290 e. The Morgan fingerprint density at radius 1 is 1.26 bits per heavy atom. The Balaban J connectivity index is 0. The molecule has 0 aliphatic carbocycles. The normalized spacial score (nSPS) is 10.2. The lowest BCUT2D eigenvalue weighted by atomic mass is 10.1. The van der Waals surface area contributed by atoms with Gasteiger partial charge in [-0.3, -0.25) is 14.4 Å².